The third kappa shape index (κ3) is 2.79. The van der Waals surface area contributed by atoms with Crippen molar-refractivity contribution in [3.05, 3.63) is 35.4 Å². The number of rotatable bonds is 3. The summed E-state index contributed by atoms with van der Waals surface area (Å²) in [7, 11) is 0. The SMILES string of the molecule is Cc1ccccc1C(=O)C1CN(C(C)C)CCO1. The topological polar surface area (TPSA) is 29.5 Å². The van der Waals surface area contributed by atoms with E-state index >= 15 is 0 Å². The minimum Gasteiger partial charge on any atom is -0.367 e. The van der Waals surface area contributed by atoms with Gasteiger partial charge in [-0.25, -0.2) is 0 Å². The van der Waals surface area contributed by atoms with Crippen LogP contribution in [-0.2, 0) is 4.74 Å². The standard InChI is InChI=1S/C15H21NO2/c1-11(2)16-8-9-18-14(10-16)15(17)13-7-5-4-6-12(13)3/h4-7,11,14H,8-10H2,1-3H3. The molecule has 3 nitrogen and oxygen atoms in total. The van der Waals surface area contributed by atoms with Crippen LogP contribution >= 0.6 is 0 Å². The number of aryl methyl sites for hydroxylation is 1. The Labute approximate surface area is 109 Å². The van der Waals surface area contributed by atoms with Crippen molar-refractivity contribution >= 4 is 5.78 Å². The molecular weight excluding hydrogens is 226 g/mol. The first-order valence-corrected chi connectivity index (χ1v) is 6.55. The van der Waals surface area contributed by atoms with Crippen molar-refractivity contribution < 1.29 is 9.53 Å². The highest BCUT2D eigenvalue weighted by Gasteiger charge is 2.28. The summed E-state index contributed by atoms with van der Waals surface area (Å²) in [6.45, 7) is 8.53. The van der Waals surface area contributed by atoms with Crippen molar-refractivity contribution in [1.82, 2.24) is 4.90 Å². The molecule has 3 heteroatoms. The molecule has 98 valence electrons. The molecule has 0 radical (unpaired) electrons. The fourth-order valence-corrected chi connectivity index (χ4v) is 2.32. The van der Waals surface area contributed by atoms with Crippen LogP contribution in [0.3, 0.4) is 0 Å². The van der Waals surface area contributed by atoms with E-state index in [0.29, 0.717) is 19.2 Å². The monoisotopic (exact) mass is 247 g/mol. The van der Waals surface area contributed by atoms with Crippen LogP contribution < -0.4 is 0 Å². The zero-order chi connectivity index (χ0) is 13.1. The highest BCUT2D eigenvalue weighted by Crippen LogP contribution is 2.16. The average molecular weight is 247 g/mol. The molecular formula is C15H21NO2. The molecule has 1 saturated heterocycles. The molecule has 1 fully saturated rings. The molecule has 1 unspecified atom stereocenters. The fraction of sp³-hybridized carbons (Fsp3) is 0.533. The van der Waals surface area contributed by atoms with E-state index in [-0.39, 0.29) is 11.9 Å². The Bertz CT molecular complexity index is 428. The van der Waals surface area contributed by atoms with Crippen molar-refractivity contribution in [1.29, 1.82) is 0 Å². The molecule has 2 rings (SSSR count). The lowest BCUT2D eigenvalue weighted by molar-refractivity contribution is -0.0256. The van der Waals surface area contributed by atoms with Gasteiger partial charge in [0.2, 0.25) is 0 Å². The molecule has 0 aliphatic carbocycles. The van der Waals surface area contributed by atoms with Crippen molar-refractivity contribution in [2.45, 2.75) is 32.9 Å². The van der Waals surface area contributed by atoms with Crippen LogP contribution in [0, 0.1) is 6.92 Å². The summed E-state index contributed by atoms with van der Waals surface area (Å²) < 4.78 is 5.64. The van der Waals surface area contributed by atoms with Gasteiger partial charge in [0, 0.05) is 24.7 Å². The molecule has 18 heavy (non-hydrogen) atoms. The summed E-state index contributed by atoms with van der Waals surface area (Å²) in [6, 6.07) is 8.17. The van der Waals surface area contributed by atoms with Gasteiger partial charge >= 0.3 is 0 Å². The summed E-state index contributed by atoms with van der Waals surface area (Å²) in [6.07, 6.45) is -0.317. The van der Waals surface area contributed by atoms with Crippen LogP contribution in [0.1, 0.15) is 29.8 Å². The van der Waals surface area contributed by atoms with E-state index < -0.39 is 0 Å². The predicted molar refractivity (Wildman–Crippen MR) is 72.0 cm³/mol. The maximum Gasteiger partial charge on any atom is 0.193 e. The van der Waals surface area contributed by atoms with Gasteiger partial charge in [0.15, 0.2) is 5.78 Å². The van der Waals surface area contributed by atoms with Gasteiger partial charge in [0.1, 0.15) is 6.10 Å². The Balaban J connectivity index is 2.12. The largest absolute Gasteiger partial charge is 0.367 e. The maximum absolute atomic E-state index is 12.4. The number of carbonyl (C=O) groups excluding carboxylic acids is 1. The highest BCUT2D eigenvalue weighted by atomic mass is 16.5. The van der Waals surface area contributed by atoms with Crippen LogP contribution in [0.5, 0.6) is 0 Å². The van der Waals surface area contributed by atoms with Gasteiger partial charge in [0.25, 0.3) is 0 Å². The first kappa shape index (κ1) is 13.2. The second-order valence-electron chi connectivity index (χ2n) is 5.13. The Morgan fingerprint density at radius 1 is 1.39 bits per heavy atom. The van der Waals surface area contributed by atoms with Crippen LogP contribution in [0.15, 0.2) is 24.3 Å². The maximum atomic E-state index is 12.4. The van der Waals surface area contributed by atoms with Crippen molar-refractivity contribution in [3.8, 4) is 0 Å². The molecule has 1 aliphatic rings. The van der Waals surface area contributed by atoms with Crippen LogP contribution in [0.2, 0.25) is 0 Å². The minimum atomic E-state index is -0.317. The quantitative estimate of drug-likeness (QED) is 0.767. The number of hydrogen-bond donors (Lipinski definition) is 0. The van der Waals surface area contributed by atoms with Gasteiger partial charge < -0.3 is 4.74 Å². The molecule has 1 atom stereocenters. The second-order valence-corrected chi connectivity index (χ2v) is 5.13. The zero-order valence-corrected chi connectivity index (χ0v) is 11.3. The number of benzene rings is 1. The van der Waals surface area contributed by atoms with E-state index in [2.05, 4.69) is 18.7 Å². The Morgan fingerprint density at radius 3 is 2.78 bits per heavy atom. The van der Waals surface area contributed by atoms with E-state index in [0.717, 1.165) is 17.7 Å². The molecule has 1 aromatic rings. The summed E-state index contributed by atoms with van der Waals surface area (Å²) >= 11 is 0. The molecule has 0 saturated carbocycles. The first-order valence-electron chi connectivity index (χ1n) is 6.55. The Morgan fingerprint density at radius 2 is 2.11 bits per heavy atom. The van der Waals surface area contributed by atoms with Gasteiger partial charge in [-0.1, -0.05) is 24.3 Å². The lowest BCUT2D eigenvalue weighted by atomic mass is 10.00. The molecule has 0 N–H and O–H groups in total. The normalized spacial score (nSPS) is 21.2. The van der Waals surface area contributed by atoms with E-state index in [1.54, 1.807) is 0 Å². The number of Topliss-reactive ketones (excluding diaryl/α,β-unsaturated/α-hetero) is 1. The number of hydrogen-bond acceptors (Lipinski definition) is 3. The molecule has 0 amide bonds. The number of ether oxygens (including phenoxy) is 1. The predicted octanol–water partition coefficient (Wildman–Crippen LogP) is 2.29. The molecule has 0 spiro atoms. The lowest BCUT2D eigenvalue weighted by Crippen LogP contribution is -2.48. The summed E-state index contributed by atoms with van der Waals surface area (Å²) in [5, 5.41) is 0. The van der Waals surface area contributed by atoms with E-state index in [9.17, 15) is 4.79 Å². The Kier molecular flexibility index (Phi) is 4.15. The Hall–Kier alpha value is -1.19. The number of ketones is 1. The van der Waals surface area contributed by atoms with Crippen molar-refractivity contribution in [2.75, 3.05) is 19.7 Å². The van der Waals surface area contributed by atoms with E-state index in [1.807, 2.05) is 31.2 Å². The molecule has 1 aromatic carbocycles. The molecule has 1 heterocycles. The summed E-state index contributed by atoms with van der Waals surface area (Å²) in [5.74, 6) is 0.110. The van der Waals surface area contributed by atoms with Gasteiger partial charge in [0.05, 0.1) is 6.61 Å². The fourth-order valence-electron chi connectivity index (χ4n) is 2.32. The van der Waals surface area contributed by atoms with Gasteiger partial charge in [-0.05, 0) is 26.3 Å². The highest BCUT2D eigenvalue weighted by molar-refractivity contribution is 6.00. The first-order chi connectivity index (χ1) is 8.59. The van der Waals surface area contributed by atoms with Crippen LogP contribution in [0.4, 0.5) is 0 Å². The molecule has 0 bridgehead atoms. The average Bonchev–Trinajstić information content (AvgIpc) is 2.38. The van der Waals surface area contributed by atoms with Gasteiger partial charge in [-0.2, -0.15) is 0 Å². The summed E-state index contributed by atoms with van der Waals surface area (Å²) in [5.41, 5.74) is 1.81. The summed E-state index contributed by atoms with van der Waals surface area (Å²) in [4.78, 5) is 14.7. The number of carbonyl (C=O) groups is 1. The smallest absolute Gasteiger partial charge is 0.193 e. The lowest BCUT2D eigenvalue weighted by Gasteiger charge is -2.34. The van der Waals surface area contributed by atoms with E-state index in [1.165, 1.54) is 0 Å². The zero-order valence-electron chi connectivity index (χ0n) is 11.3. The molecule has 0 aromatic heterocycles. The van der Waals surface area contributed by atoms with Crippen molar-refractivity contribution in [2.24, 2.45) is 0 Å². The van der Waals surface area contributed by atoms with Gasteiger partial charge in [-0.3, -0.25) is 9.69 Å². The van der Waals surface area contributed by atoms with Crippen molar-refractivity contribution in [3.63, 3.8) is 0 Å². The number of morpholine rings is 1. The third-order valence-corrected chi connectivity index (χ3v) is 3.53. The third-order valence-electron chi connectivity index (χ3n) is 3.53. The van der Waals surface area contributed by atoms with E-state index in [4.69, 9.17) is 4.74 Å². The van der Waals surface area contributed by atoms with Crippen LogP contribution in [-0.4, -0.2) is 42.5 Å². The molecule has 1 aliphatic heterocycles. The second kappa shape index (κ2) is 5.63. The minimum absolute atomic E-state index is 0.110. The van der Waals surface area contributed by atoms with Gasteiger partial charge in [-0.15, -0.1) is 0 Å². The number of nitrogens with zero attached hydrogens (tertiary/aromatic N) is 1. The van der Waals surface area contributed by atoms with Crippen LogP contribution in [0.25, 0.3) is 0 Å².